The Morgan fingerprint density at radius 1 is 1.53 bits per heavy atom. The molecule has 0 spiro atoms. The minimum absolute atomic E-state index is 0.129. The van der Waals surface area contributed by atoms with Crippen molar-refractivity contribution in [3.05, 3.63) is 22.4 Å². The van der Waals surface area contributed by atoms with Gasteiger partial charge in [0.15, 0.2) is 0 Å². The Bertz CT molecular complexity index is 304. The normalized spacial score (nSPS) is 17.6. The first-order valence-corrected chi connectivity index (χ1v) is 6.12. The number of nitrogens with one attached hydrogen (secondary N) is 1. The Hall–Kier alpha value is -0.870. The Labute approximate surface area is 93.4 Å². The molecule has 1 N–H and O–H groups in total. The smallest absolute Gasteiger partial charge is 0.225 e. The molecule has 3 nitrogen and oxygen atoms in total. The number of carbonyl (C=O) groups excluding carboxylic acids is 1. The fraction of sp³-hybridized carbons (Fsp3) is 0.545. The molecule has 0 unspecified atom stereocenters. The van der Waals surface area contributed by atoms with Crippen LogP contribution in [0, 0.1) is 0 Å². The van der Waals surface area contributed by atoms with E-state index in [4.69, 9.17) is 4.74 Å². The fourth-order valence-electron chi connectivity index (χ4n) is 1.69. The predicted molar refractivity (Wildman–Crippen MR) is 60.0 cm³/mol. The summed E-state index contributed by atoms with van der Waals surface area (Å²) in [6.07, 6.45) is 2.39. The molecule has 4 heteroatoms. The van der Waals surface area contributed by atoms with Gasteiger partial charge < -0.3 is 10.1 Å². The van der Waals surface area contributed by atoms with Crippen LogP contribution in [0.3, 0.4) is 0 Å². The summed E-state index contributed by atoms with van der Waals surface area (Å²) in [7, 11) is 0. The van der Waals surface area contributed by atoms with Crippen LogP contribution >= 0.6 is 11.3 Å². The van der Waals surface area contributed by atoms with E-state index in [0.717, 1.165) is 30.9 Å². The number of rotatable bonds is 3. The lowest BCUT2D eigenvalue weighted by Crippen LogP contribution is -2.39. The van der Waals surface area contributed by atoms with E-state index in [1.54, 1.807) is 11.3 Å². The molecule has 0 saturated carbocycles. The van der Waals surface area contributed by atoms with Crippen LogP contribution in [-0.2, 0) is 16.0 Å². The quantitative estimate of drug-likeness (QED) is 0.848. The molecular weight excluding hydrogens is 210 g/mol. The summed E-state index contributed by atoms with van der Waals surface area (Å²) in [4.78, 5) is 12.8. The number of hydrogen-bond donors (Lipinski definition) is 1. The number of thiophene rings is 1. The molecule has 82 valence electrons. The fourth-order valence-corrected chi connectivity index (χ4v) is 2.40. The summed E-state index contributed by atoms with van der Waals surface area (Å²) < 4.78 is 5.24. The molecule has 0 bridgehead atoms. The van der Waals surface area contributed by atoms with E-state index in [0.29, 0.717) is 12.5 Å². The lowest BCUT2D eigenvalue weighted by Gasteiger charge is -2.22. The van der Waals surface area contributed by atoms with E-state index in [1.807, 2.05) is 17.5 Å². The third kappa shape index (κ3) is 3.32. The largest absolute Gasteiger partial charge is 0.381 e. The average molecular weight is 225 g/mol. The Morgan fingerprint density at radius 2 is 2.33 bits per heavy atom. The van der Waals surface area contributed by atoms with Gasteiger partial charge in [0.05, 0.1) is 6.42 Å². The third-order valence-electron chi connectivity index (χ3n) is 2.50. The molecule has 1 aromatic heterocycles. The first-order valence-electron chi connectivity index (χ1n) is 5.24. The van der Waals surface area contributed by atoms with Crippen molar-refractivity contribution in [2.24, 2.45) is 0 Å². The third-order valence-corrected chi connectivity index (χ3v) is 3.38. The van der Waals surface area contributed by atoms with Gasteiger partial charge in [-0.3, -0.25) is 4.79 Å². The highest BCUT2D eigenvalue weighted by molar-refractivity contribution is 7.10. The number of amides is 1. The molecule has 1 aromatic rings. The van der Waals surface area contributed by atoms with Crippen LogP contribution in [-0.4, -0.2) is 25.2 Å². The van der Waals surface area contributed by atoms with Gasteiger partial charge in [-0.1, -0.05) is 6.07 Å². The van der Waals surface area contributed by atoms with Gasteiger partial charge in [-0.2, -0.15) is 0 Å². The van der Waals surface area contributed by atoms with Crippen LogP contribution in [0.1, 0.15) is 17.7 Å². The van der Waals surface area contributed by atoms with Crippen molar-refractivity contribution in [1.82, 2.24) is 5.32 Å². The Balaban J connectivity index is 1.76. The maximum atomic E-state index is 11.6. The number of hydrogen-bond acceptors (Lipinski definition) is 3. The van der Waals surface area contributed by atoms with Crippen LogP contribution in [0.15, 0.2) is 17.5 Å². The summed E-state index contributed by atoms with van der Waals surface area (Å²) in [5, 5.41) is 5.04. The predicted octanol–water partition coefficient (Wildman–Crippen LogP) is 1.59. The first-order chi connectivity index (χ1) is 7.34. The maximum absolute atomic E-state index is 11.6. The van der Waals surface area contributed by atoms with Gasteiger partial charge >= 0.3 is 0 Å². The van der Waals surface area contributed by atoms with Gasteiger partial charge in [-0.25, -0.2) is 0 Å². The molecule has 0 atom stereocenters. The second-order valence-corrected chi connectivity index (χ2v) is 4.74. The van der Waals surface area contributed by atoms with Crippen molar-refractivity contribution in [3.63, 3.8) is 0 Å². The zero-order chi connectivity index (χ0) is 10.5. The van der Waals surface area contributed by atoms with Gasteiger partial charge in [0.25, 0.3) is 0 Å². The molecular formula is C11H15NO2S. The van der Waals surface area contributed by atoms with Crippen LogP contribution in [0.5, 0.6) is 0 Å². The van der Waals surface area contributed by atoms with Gasteiger partial charge in [0, 0.05) is 24.1 Å². The van der Waals surface area contributed by atoms with E-state index in [-0.39, 0.29) is 5.91 Å². The summed E-state index contributed by atoms with van der Waals surface area (Å²) in [6, 6.07) is 4.28. The maximum Gasteiger partial charge on any atom is 0.225 e. The van der Waals surface area contributed by atoms with Crippen LogP contribution < -0.4 is 5.32 Å². The van der Waals surface area contributed by atoms with Crippen molar-refractivity contribution >= 4 is 17.2 Å². The summed E-state index contributed by atoms with van der Waals surface area (Å²) in [6.45, 7) is 1.54. The lowest BCUT2D eigenvalue weighted by molar-refractivity contribution is -0.121. The molecule has 1 aliphatic rings. The minimum Gasteiger partial charge on any atom is -0.381 e. The molecule has 0 aliphatic carbocycles. The van der Waals surface area contributed by atoms with Crippen LogP contribution in [0.25, 0.3) is 0 Å². The van der Waals surface area contributed by atoms with Crippen molar-refractivity contribution < 1.29 is 9.53 Å². The van der Waals surface area contributed by atoms with E-state index in [9.17, 15) is 4.79 Å². The number of carbonyl (C=O) groups is 1. The van der Waals surface area contributed by atoms with Crippen LogP contribution in [0.4, 0.5) is 0 Å². The molecule has 1 amide bonds. The van der Waals surface area contributed by atoms with Crippen LogP contribution in [0.2, 0.25) is 0 Å². The lowest BCUT2D eigenvalue weighted by atomic mass is 10.1. The molecule has 0 aromatic carbocycles. The molecule has 1 saturated heterocycles. The highest BCUT2D eigenvalue weighted by Gasteiger charge is 2.16. The topological polar surface area (TPSA) is 38.3 Å². The second kappa shape index (κ2) is 5.28. The molecule has 1 aliphatic heterocycles. The number of ether oxygens (including phenoxy) is 1. The standard InChI is InChI=1S/C11H15NO2S/c13-11(8-10-2-1-7-15-10)12-9-3-5-14-6-4-9/h1-2,7,9H,3-6,8H2,(H,12,13). The van der Waals surface area contributed by atoms with E-state index >= 15 is 0 Å². The van der Waals surface area contributed by atoms with E-state index in [1.165, 1.54) is 0 Å². The average Bonchev–Trinajstić information content (AvgIpc) is 2.71. The molecule has 15 heavy (non-hydrogen) atoms. The second-order valence-electron chi connectivity index (χ2n) is 3.71. The van der Waals surface area contributed by atoms with Gasteiger partial charge in [-0.05, 0) is 24.3 Å². The van der Waals surface area contributed by atoms with E-state index < -0.39 is 0 Å². The van der Waals surface area contributed by atoms with Gasteiger partial charge in [0.1, 0.15) is 0 Å². The molecule has 2 rings (SSSR count). The zero-order valence-corrected chi connectivity index (χ0v) is 9.39. The Morgan fingerprint density at radius 3 is 3.00 bits per heavy atom. The summed E-state index contributed by atoms with van der Waals surface area (Å²) >= 11 is 1.63. The first kappa shape index (κ1) is 10.6. The van der Waals surface area contributed by atoms with E-state index in [2.05, 4.69) is 5.32 Å². The van der Waals surface area contributed by atoms with Crippen molar-refractivity contribution in [2.45, 2.75) is 25.3 Å². The minimum atomic E-state index is 0.129. The van der Waals surface area contributed by atoms with Crippen molar-refractivity contribution in [3.8, 4) is 0 Å². The monoisotopic (exact) mass is 225 g/mol. The molecule has 2 heterocycles. The van der Waals surface area contributed by atoms with Gasteiger partial charge in [-0.15, -0.1) is 11.3 Å². The zero-order valence-electron chi connectivity index (χ0n) is 8.57. The molecule has 1 fully saturated rings. The summed E-state index contributed by atoms with van der Waals surface area (Å²) in [5.74, 6) is 0.129. The van der Waals surface area contributed by atoms with Gasteiger partial charge in [0.2, 0.25) is 5.91 Å². The highest BCUT2D eigenvalue weighted by atomic mass is 32.1. The van der Waals surface area contributed by atoms with Crippen molar-refractivity contribution in [1.29, 1.82) is 0 Å². The highest BCUT2D eigenvalue weighted by Crippen LogP contribution is 2.10. The Kier molecular flexibility index (Phi) is 3.75. The molecule has 0 radical (unpaired) electrons. The SMILES string of the molecule is O=C(Cc1cccs1)NC1CCOCC1. The summed E-state index contributed by atoms with van der Waals surface area (Å²) in [5.41, 5.74) is 0. The van der Waals surface area contributed by atoms with Crippen molar-refractivity contribution in [2.75, 3.05) is 13.2 Å².